The average molecular weight is 125 g/mol. The minimum Gasteiger partial charge on any atom is -0.411 e. The third-order valence-corrected chi connectivity index (χ3v) is 1.03. The van der Waals surface area contributed by atoms with E-state index in [0.717, 1.165) is 0 Å². The van der Waals surface area contributed by atoms with Crippen LogP contribution in [0.4, 0.5) is 0 Å². The van der Waals surface area contributed by atoms with Crippen molar-refractivity contribution in [3.63, 3.8) is 0 Å². The van der Waals surface area contributed by atoms with Crippen molar-refractivity contribution in [3.8, 4) is 0 Å². The molecule has 1 N–H and O–H groups in total. The fourth-order valence-corrected chi connectivity index (χ4v) is 0.553. The van der Waals surface area contributed by atoms with Crippen LogP contribution in [-0.4, -0.2) is 21.0 Å². The molecule has 0 fully saturated rings. The third-order valence-electron chi connectivity index (χ3n) is 1.03. The maximum absolute atomic E-state index is 8.08. The van der Waals surface area contributed by atoms with Gasteiger partial charge in [-0.25, -0.2) is 4.98 Å². The van der Waals surface area contributed by atoms with E-state index in [4.69, 9.17) is 5.21 Å². The average Bonchev–Trinajstić information content (AvgIpc) is 2.18. The molecule has 0 unspecified atom stereocenters. The van der Waals surface area contributed by atoms with Crippen LogP contribution in [0.5, 0.6) is 0 Å². The van der Waals surface area contributed by atoms with Crippen LogP contribution in [0, 0.1) is 0 Å². The van der Waals surface area contributed by atoms with Gasteiger partial charge in [0.05, 0.1) is 0 Å². The first kappa shape index (κ1) is 5.81. The normalized spacial score (nSPS) is 10.8. The molecule has 0 saturated heterocycles. The van der Waals surface area contributed by atoms with Crippen molar-refractivity contribution < 1.29 is 5.21 Å². The predicted octanol–water partition coefficient (Wildman–Crippen LogP) is 0.228. The summed E-state index contributed by atoms with van der Waals surface area (Å²) in [6, 6.07) is 0. The first-order valence-electron chi connectivity index (χ1n) is 2.49. The molecule has 0 aliphatic heterocycles. The second-order valence-corrected chi connectivity index (χ2v) is 1.64. The Kier molecular flexibility index (Phi) is 1.48. The highest BCUT2D eigenvalue weighted by Gasteiger charge is 1.90. The highest BCUT2D eigenvalue weighted by molar-refractivity contribution is 5.73. The molecule has 0 aromatic carbocycles. The van der Waals surface area contributed by atoms with Gasteiger partial charge in [-0.15, -0.1) is 0 Å². The van der Waals surface area contributed by atoms with Crippen molar-refractivity contribution >= 4 is 6.21 Å². The molecule has 0 spiro atoms. The number of hydrogen-bond acceptors (Lipinski definition) is 3. The second-order valence-electron chi connectivity index (χ2n) is 1.64. The van der Waals surface area contributed by atoms with E-state index in [1.165, 1.54) is 6.21 Å². The Morgan fingerprint density at radius 1 is 1.89 bits per heavy atom. The summed E-state index contributed by atoms with van der Waals surface area (Å²) in [5, 5.41) is 10.9. The summed E-state index contributed by atoms with van der Waals surface area (Å²) < 4.78 is 1.75. The van der Waals surface area contributed by atoms with Crippen LogP contribution < -0.4 is 0 Å². The Morgan fingerprint density at radius 2 is 2.67 bits per heavy atom. The number of aryl methyl sites for hydroxylation is 1. The van der Waals surface area contributed by atoms with Gasteiger partial charge in [0.25, 0.3) is 0 Å². The first-order chi connectivity index (χ1) is 4.34. The molecule has 0 radical (unpaired) electrons. The second kappa shape index (κ2) is 2.30. The first-order valence-corrected chi connectivity index (χ1v) is 2.49. The monoisotopic (exact) mass is 125 g/mol. The molecule has 0 atom stereocenters. The van der Waals surface area contributed by atoms with Crippen molar-refractivity contribution in [2.24, 2.45) is 12.2 Å². The minimum atomic E-state index is 0.637. The molecule has 0 saturated carbocycles. The van der Waals surface area contributed by atoms with Crippen LogP contribution in [0.15, 0.2) is 17.5 Å². The van der Waals surface area contributed by atoms with E-state index in [9.17, 15) is 0 Å². The summed E-state index contributed by atoms with van der Waals surface area (Å²) in [7, 11) is 1.82. The Labute approximate surface area is 52.4 Å². The fourth-order valence-electron chi connectivity index (χ4n) is 0.553. The molecule has 9 heavy (non-hydrogen) atoms. The van der Waals surface area contributed by atoms with Gasteiger partial charge in [0.1, 0.15) is 6.21 Å². The molecule has 1 aromatic heterocycles. The maximum Gasteiger partial charge on any atom is 0.154 e. The smallest absolute Gasteiger partial charge is 0.154 e. The van der Waals surface area contributed by atoms with Gasteiger partial charge in [0.2, 0.25) is 0 Å². The van der Waals surface area contributed by atoms with Crippen LogP contribution in [-0.2, 0) is 7.05 Å². The van der Waals surface area contributed by atoms with Gasteiger partial charge in [-0.3, -0.25) is 0 Å². The Morgan fingerprint density at radius 3 is 3.11 bits per heavy atom. The SMILES string of the molecule is Cn1ccnc1/C=N/O. The summed E-state index contributed by atoms with van der Waals surface area (Å²) in [5.74, 6) is 0.637. The Bertz CT molecular complexity index is 216. The quantitative estimate of drug-likeness (QED) is 0.332. The van der Waals surface area contributed by atoms with Gasteiger partial charge >= 0.3 is 0 Å². The molecule has 0 aliphatic rings. The number of hydrogen-bond donors (Lipinski definition) is 1. The lowest BCUT2D eigenvalue weighted by Crippen LogP contribution is -1.94. The number of aromatic nitrogens is 2. The van der Waals surface area contributed by atoms with E-state index >= 15 is 0 Å². The number of oxime groups is 1. The van der Waals surface area contributed by atoms with Crippen LogP contribution in [0.25, 0.3) is 0 Å². The standard InChI is InChI=1S/C5H7N3O/c1-8-3-2-6-5(8)4-7-9/h2-4,9H,1H3/b7-4+. The van der Waals surface area contributed by atoms with Gasteiger partial charge in [-0.1, -0.05) is 5.16 Å². The summed E-state index contributed by atoms with van der Waals surface area (Å²) in [4.78, 5) is 3.86. The molecule has 4 heteroatoms. The zero-order chi connectivity index (χ0) is 6.69. The largest absolute Gasteiger partial charge is 0.411 e. The van der Waals surface area contributed by atoms with Crippen LogP contribution in [0.2, 0.25) is 0 Å². The van der Waals surface area contributed by atoms with Crippen molar-refractivity contribution in [2.75, 3.05) is 0 Å². The highest BCUT2D eigenvalue weighted by atomic mass is 16.4. The molecular formula is C5H7N3O. The Hall–Kier alpha value is -1.32. The van der Waals surface area contributed by atoms with E-state index in [1.807, 2.05) is 7.05 Å². The summed E-state index contributed by atoms with van der Waals surface area (Å²) in [6.07, 6.45) is 4.69. The van der Waals surface area contributed by atoms with E-state index in [2.05, 4.69) is 10.1 Å². The van der Waals surface area contributed by atoms with Gasteiger partial charge < -0.3 is 9.77 Å². The number of nitrogens with zero attached hydrogens (tertiary/aromatic N) is 3. The summed E-state index contributed by atoms with van der Waals surface area (Å²) in [6.45, 7) is 0. The van der Waals surface area contributed by atoms with Crippen LogP contribution >= 0.6 is 0 Å². The van der Waals surface area contributed by atoms with Gasteiger partial charge in [-0.05, 0) is 0 Å². The zero-order valence-corrected chi connectivity index (χ0v) is 5.02. The maximum atomic E-state index is 8.08. The van der Waals surface area contributed by atoms with E-state index in [-0.39, 0.29) is 0 Å². The number of imidazole rings is 1. The van der Waals surface area contributed by atoms with E-state index < -0.39 is 0 Å². The lowest BCUT2D eigenvalue weighted by Gasteiger charge is -1.88. The molecule has 48 valence electrons. The van der Waals surface area contributed by atoms with E-state index in [0.29, 0.717) is 5.82 Å². The molecule has 1 rings (SSSR count). The van der Waals surface area contributed by atoms with Crippen LogP contribution in [0.1, 0.15) is 5.82 Å². The Balaban J connectivity index is 2.94. The minimum absolute atomic E-state index is 0.637. The topological polar surface area (TPSA) is 50.4 Å². The predicted molar refractivity (Wildman–Crippen MR) is 32.6 cm³/mol. The molecule has 1 aromatic rings. The molecule has 0 bridgehead atoms. The van der Waals surface area contributed by atoms with Crippen molar-refractivity contribution in [1.29, 1.82) is 0 Å². The third kappa shape index (κ3) is 1.07. The summed E-state index contributed by atoms with van der Waals surface area (Å²) >= 11 is 0. The van der Waals surface area contributed by atoms with Crippen molar-refractivity contribution in [1.82, 2.24) is 9.55 Å². The van der Waals surface area contributed by atoms with Crippen molar-refractivity contribution in [2.45, 2.75) is 0 Å². The molecule has 0 amide bonds. The lowest BCUT2D eigenvalue weighted by molar-refractivity contribution is 0.321. The summed E-state index contributed by atoms with van der Waals surface area (Å²) in [5.41, 5.74) is 0. The lowest BCUT2D eigenvalue weighted by atomic mass is 10.7. The molecule has 0 aliphatic carbocycles. The van der Waals surface area contributed by atoms with Crippen molar-refractivity contribution in [3.05, 3.63) is 18.2 Å². The number of rotatable bonds is 1. The van der Waals surface area contributed by atoms with Crippen LogP contribution in [0.3, 0.4) is 0 Å². The van der Waals surface area contributed by atoms with Gasteiger partial charge in [0, 0.05) is 19.4 Å². The fraction of sp³-hybridized carbons (Fsp3) is 0.200. The zero-order valence-electron chi connectivity index (χ0n) is 5.02. The van der Waals surface area contributed by atoms with E-state index in [1.54, 1.807) is 17.0 Å². The molecule has 4 nitrogen and oxygen atoms in total. The van der Waals surface area contributed by atoms with Gasteiger partial charge in [-0.2, -0.15) is 0 Å². The highest BCUT2D eigenvalue weighted by Crippen LogP contribution is 1.87. The molecule has 1 heterocycles. The van der Waals surface area contributed by atoms with Gasteiger partial charge in [0.15, 0.2) is 5.82 Å². The molecular weight excluding hydrogens is 118 g/mol.